The number of rotatable bonds is 7. The number of aromatic nitrogens is 2. The zero-order valence-corrected chi connectivity index (χ0v) is 21.9. The van der Waals surface area contributed by atoms with E-state index in [1.807, 2.05) is 49.5 Å². The average Bonchev–Trinajstić information content (AvgIpc) is 3.34. The highest BCUT2D eigenvalue weighted by Crippen LogP contribution is 2.45. The van der Waals surface area contributed by atoms with Crippen molar-refractivity contribution in [2.75, 3.05) is 17.3 Å². The fraction of sp³-hybridized carbons (Fsp3) is 0.370. The topological polar surface area (TPSA) is 71.4 Å². The fourth-order valence-electron chi connectivity index (χ4n) is 5.02. The van der Waals surface area contributed by atoms with Crippen LogP contribution in [0.4, 0.5) is 11.4 Å². The van der Waals surface area contributed by atoms with Gasteiger partial charge in [0.2, 0.25) is 5.91 Å². The van der Waals surface area contributed by atoms with Crippen molar-refractivity contribution >= 4 is 34.6 Å². The first-order valence-corrected chi connectivity index (χ1v) is 12.3. The van der Waals surface area contributed by atoms with Crippen molar-refractivity contribution < 1.29 is 9.53 Å². The van der Waals surface area contributed by atoms with E-state index in [0.717, 1.165) is 11.4 Å². The minimum absolute atomic E-state index is 0.0661. The number of pyridine rings is 1. The Kier molecular flexibility index (Phi) is 7.12. The van der Waals surface area contributed by atoms with Crippen molar-refractivity contribution in [1.82, 2.24) is 14.9 Å². The van der Waals surface area contributed by atoms with Gasteiger partial charge in [0.1, 0.15) is 5.75 Å². The molecule has 1 fully saturated rings. The maximum Gasteiger partial charge on any atom is 0.224 e. The van der Waals surface area contributed by atoms with Gasteiger partial charge in [0, 0.05) is 41.8 Å². The monoisotopic (exact) mass is 491 g/mol. The van der Waals surface area contributed by atoms with E-state index < -0.39 is 0 Å². The quantitative estimate of drug-likeness (QED) is 0.418. The van der Waals surface area contributed by atoms with Gasteiger partial charge in [0.15, 0.2) is 5.11 Å². The molecule has 1 saturated heterocycles. The van der Waals surface area contributed by atoms with Crippen LogP contribution in [0.5, 0.6) is 5.75 Å². The number of nitrogens with zero attached hydrogens (tertiary/aromatic N) is 3. The summed E-state index contributed by atoms with van der Waals surface area (Å²) in [5, 5.41) is 7.04. The van der Waals surface area contributed by atoms with Crippen molar-refractivity contribution in [3.05, 3.63) is 71.3 Å². The molecule has 3 aromatic rings. The molecule has 2 atom stereocenters. The van der Waals surface area contributed by atoms with Gasteiger partial charge in [0.05, 0.1) is 30.6 Å². The Morgan fingerprint density at radius 1 is 1.23 bits per heavy atom. The van der Waals surface area contributed by atoms with Crippen molar-refractivity contribution in [2.45, 2.75) is 59.2 Å². The number of methoxy groups -OCH3 is 1. The number of ether oxygens (including phenoxy) is 1. The van der Waals surface area contributed by atoms with Gasteiger partial charge in [-0.2, -0.15) is 0 Å². The van der Waals surface area contributed by atoms with Crippen LogP contribution in [-0.4, -0.2) is 27.7 Å². The summed E-state index contributed by atoms with van der Waals surface area (Å²) in [4.78, 5) is 18.8. The Hall–Kier alpha value is -3.39. The van der Waals surface area contributed by atoms with Gasteiger partial charge in [-0.15, -0.1) is 0 Å². The molecule has 1 amide bonds. The Balaban J connectivity index is 1.85. The van der Waals surface area contributed by atoms with E-state index in [2.05, 4.69) is 58.8 Å². The minimum Gasteiger partial charge on any atom is -0.494 e. The number of hydrogen-bond donors (Lipinski definition) is 2. The van der Waals surface area contributed by atoms with E-state index in [1.165, 1.54) is 17.0 Å². The average molecular weight is 492 g/mol. The summed E-state index contributed by atoms with van der Waals surface area (Å²) in [7, 11) is 1.60. The Morgan fingerprint density at radius 3 is 2.60 bits per heavy atom. The van der Waals surface area contributed by atoms with E-state index in [1.54, 1.807) is 7.11 Å². The van der Waals surface area contributed by atoms with Crippen LogP contribution >= 0.6 is 12.2 Å². The minimum atomic E-state index is -0.129. The summed E-state index contributed by atoms with van der Waals surface area (Å²) in [6.45, 7) is 10.5. The van der Waals surface area contributed by atoms with Crippen LogP contribution < -0.4 is 20.3 Å². The standard InChI is InChI=1S/C27H33N5O2S/c1-7-24(33)29-21-12-11-19(15-23(21)34-6)32-26(20-14-17(4)31(16(2)3)18(20)5)25(30-27(32)35)22-10-8-9-13-28-22/h8-16,25-26H,7H2,1-6H3,(H,29,33)(H,30,35)/t25-,26+/m0/s1. The number of nitrogens with one attached hydrogen (secondary N) is 2. The zero-order chi connectivity index (χ0) is 25.3. The molecule has 0 saturated carbocycles. The number of benzene rings is 1. The molecule has 0 aliphatic carbocycles. The summed E-state index contributed by atoms with van der Waals surface area (Å²) in [5.74, 6) is 0.517. The molecule has 0 unspecified atom stereocenters. The molecule has 8 heteroatoms. The molecule has 1 aliphatic rings. The number of thiocarbonyl (C=S) groups is 1. The van der Waals surface area contributed by atoms with Gasteiger partial charge >= 0.3 is 0 Å². The SMILES string of the molecule is CCC(=O)Nc1ccc(N2C(=S)N[C@@H](c3ccccn3)[C@H]2c2cc(C)n(C(C)C)c2C)cc1OC. The lowest BCUT2D eigenvalue weighted by Gasteiger charge is -2.29. The Morgan fingerprint density at radius 2 is 2.00 bits per heavy atom. The van der Waals surface area contributed by atoms with Crippen LogP contribution in [-0.2, 0) is 4.79 Å². The molecule has 4 rings (SSSR count). The maximum absolute atomic E-state index is 12.0. The third-order valence-corrected chi connectivity index (χ3v) is 6.83. The summed E-state index contributed by atoms with van der Waals surface area (Å²) >= 11 is 5.88. The number of carbonyl (C=O) groups is 1. The molecule has 1 aromatic carbocycles. The van der Waals surface area contributed by atoms with Crippen LogP contribution in [0.15, 0.2) is 48.7 Å². The molecule has 0 spiro atoms. The molecule has 2 N–H and O–H groups in total. The van der Waals surface area contributed by atoms with E-state index in [9.17, 15) is 4.79 Å². The summed E-state index contributed by atoms with van der Waals surface area (Å²) < 4.78 is 7.99. The number of aryl methyl sites for hydroxylation is 1. The predicted octanol–water partition coefficient (Wildman–Crippen LogP) is 5.62. The Labute approximate surface area is 212 Å². The highest BCUT2D eigenvalue weighted by molar-refractivity contribution is 7.80. The predicted molar refractivity (Wildman–Crippen MR) is 144 cm³/mol. The molecular weight excluding hydrogens is 458 g/mol. The molecule has 3 heterocycles. The lowest BCUT2D eigenvalue weighted by atomic mass is 9.96. The van der Waals surface area contributed by atoms with Crippen LogP contribution in [0.1, 0.15) is 68.0 Å². The fourth-order valence-corrected chi connectivity index (χ4v) is 5.36. The highest BCUT2D eigenvalue weighted by Gasteiger charge is 2.42. The second-order valence-electron chi connectivity index (χ2n) is 9.07. The number of amides is 1. The summed E-state index contributed by atoms with van der Waals surface area (Å²) in [6.07, 6.45) is 2.20. The van der Waals surface area contributed by atoms with Crippen molar-refractivity contribution in [2.24, 2.45) is 0 Å². The van der Waals surface area contributed by atoms with E-state index in [0.29, 0.717) is 29.0 Å². The first kappa shape index (κ1) is 24.7. The number of carbonyl (C=O) groups excluding carboxylic acids is 1. The van der Waals surface area contributed by atoms with Gasteiger partial charge in [0.25, 0.3) is 0 Å². The molecule has 184 valence electrons. The van der Waals surface area contributed by atoms with Crippen molar-refractivity contribution in [3.8, 4) is 5.75 Å². The smallest absolute Gasteiger partial charge is 0.224 e. The van der Waals surface area contributed by atoms with Gasteiger partial charge in [-0.25, -0.2) is 0 Å². The lowest BCUT2D eigenvalue weighted by molar-refractivity contribution is -0.115. The van der Waals surface area contributed by atoms with E-state index in [4.69, 9.17) is 17.0 Å². The number of hydrogen-bond acceptors (Lipinski definition) is 4. The first-order valence-electron chi connectivity index (χ1n) is 11.9. The second kappa shape index (κ2) is 10.1. The van der Waals surface area contributed by atoms with Crippen LogP contribution in [0, 0.1) is 13.8 Å². The second-order valence-corrected chi connectivity index (χ2v) is 9.46. The molecule has 35 heavy (non-hydrogen) atoms. The van der Waals surface area contributed by atoms with Crippen LogP contribution in [0.25, 0.3) is 0 Å². The summed E-state index contributed by atoms with van der Waals surface area (Å²) in [5.41, 5.74) is 6.06. The molecular formula is C27H33N5O2S. The van der Waals surface area contributed by atoms with Gasteiger partial charge < -0.3 is 24.8 Å². The molecule has 0 radical (unpaired) electrons. The summed E-state index contributed by atoms with van der Waals surface area (Å²) in [6, 6.07) is 14.1. The van der Waals surface area contributed by atoms with Gasteiger partial charge in [-0.3, -0.25) is 9.78 Å². The maximum atomic E-state index is 12.0. The molecule has 7 nitrogen and oxygen atoms in total. The highest BCUT2D eigenvalue weighted by atomic mass is 32.1. The van der Waals surface area contributed by atoms with Gasteiger partial charge in [-0.1, -0.05) is 13.0 Å². The van der Waals surface area contributed by atoms with E-state index in [-0.39, 0.29) is 18.0 Å². The third-order valence-electron chi connectivity index (χ3n) is 6.52. The van der Waals surface area contributed by atoms with Gasteiger partial charge in [-0.05, 0) is 75.8 Å². The number of anilines is 2. The first-order chi connectivity index (χ1) is 16.8. The normalized spacial score (nSPS) is 17.6. The Bertz CT molecular complexity index is 1240. The molecule has 2 aromatic heterocycles. The van der Waals surface area contributed by atoms with E-state index >= 15 is 0 Å². The van der Waals surface area contributed by atoms with Crippen LogP contribution in [0.2, 0.25) is 0 Å². The zero-order valence-electron chi connectivity index (χ0n) is 21.1. The lowest BCUT2D eigenvalue weighted by Crippen LogP contribution is -2.29. The molecule has 1 aliphatic heterocycles. The van der Waals surface area contributed by atoms with Crippen molar-refractivity contribution in [1.29, 1.82) is 0 Å². The molecule has 0 bridgehead atoms. The third kappa shape index (κ3) is 4.62. The largest absolute Gasteiger partial charge is 0.494 e. The van der Waals surface area contributed by atoms with Crippen molar-refractivity contribution in [3.63, 3.8) is 0 Å². The van der Waals surface area contributed by atoms with Crippen LogP contribution in [0.3, 0.4) is 0 Å².